The van der Waals surface area contributed by atoms with Gasteiger partial charge >= 0.3 is 0 Å². The molecule has 15 heavy (non-hydrogen) atoms. The first-order valence-electron chi connectivity index (χ1n) is 4.20. The SMILES string of the molecule is CC(=O)NNC(=O)c1cc(C)nc(Cl)c1. The Balaban J connectivity index is 2.77. The van der Waals surface area contributed by atoms with Gasteiger partial charge in [-0.1, -0.05) is 11.6 Å². The molecule has 5 nitrogen and oxygen atoms in total. The highest BCUT2D eigenvalue weighted by Crippen LogP contribution is 2.09. The van der Waals surface area contributed by atoms with E-state index in [2.05, 4.69) is 15.8 Å². The molecule has 1 heterocycles. The topological polar surface area (TPSA) is 71.1 Å². The van der Waals surface area contributed by atoms with E-state index in [0.29, 0.717) is 11.3 Å². The summed E-state index contributed by atoms with van der Waals surface area (Å²) in [6.07, 6.45) is 0. The van der Waals surface area contributed by atoms with E-state index in [0.717, 1.165) is 0 Å². The van der Waals surface area contributed by atoms with Gasteiger partial charge in [-0.25, -0.2) is 4.98 Å². The van der Waals surface area contributed by atoms with Gasteiger partial charge in [0.05, 0.1) is 0 Å². The van der Waals surface area contributed by atoms with Crippen molar-refractivity contribution in [3.05, 3.63) is 28.5 Å². The lowest BCUT2D eigenvalue weighted by molar-refractivity contribution is -0.119. The summed E-state index contributed by atoms with van der Waals surface area (Å²) in [5, 5.41) is 0.239. The van der Waals surface area contributed by atoms with E-state index in [1.807, 2.05) is 0 Å². The van der Waals surface area contributed by atoms with Crippen molar-refractivity contribution in [1.82, 2.24) is 15.8 Å². The molecule has 1 aromatic rings. The van der Waals surface area contributed by atoms with Crippen molar-refractivity contribution in [2.75, 3.05) is 0 Å². The first kappa shape index (κ1) is 11.5. The Bertz CT molecular complexity index is 386. The Kier molecular flexibility index (Phi) is 3.62. The van der Waals surface area contributed by atoms with Crippen LogP contribution in [-0.2, 0) is 4.79 Å². The van der Waals surface area contributed by atoms with E-state index in [4.69, 9.17) is 11.6 Å². The molecule has 6 heteroatoms. The Labute approximate surface area is 91.8 Å². The average molecular weight is 228 g/mol. The Morgan fingerprint density at radius 2 is 2.00 bits per heavy atom. The highest BCUT2D eigenvalue weighted by atomic mass is 35.5. The van der Waals surface area contributed by atoms with Gasteiger partial charge in [-0.2, -0.15) is 0 Å². The van der Waals surface area contributed by atoms with Gasteiger partial charge < -0.3 is 0 Å². The van der Waals surface area contributed by atoms with Crippen LogP contribution in [0.5, 0.6) is 0 Å². The molecule has 80 valence electrons. The predicted octanol–water partition coefficient (Wildman–Crippen LogP) is 0.824. The summed E-state index contributed by atoms with van der Waals surface area (Å²) in [5.41, 5.74) is 5.39. The third-order valence-corrected chi connectivity index (χ3v) is 1.73. The Hall–Kier alpha value is -1.62. The smallest absolute Gasteiger partial charge is 0.269 e. The van der Waals surface area contributed by atoms with Gasteiger partial charge in [0.2, 0.25) is 5.91 Å². The molecule has 0 radical (unpaired) electrons. The summed E-state index contributed by atoms with van der Waals surface area (Å²) >= 11 is 5.68. The van der Waals surface area contributed by atoms with E-state index < -0.39 is 5.91 Å². The van der Waals surface area contributed by atoms with E-state index in [1.165, 1.54) is 13.0 Å². The van der Waals surface area contributed by atoms with E-state index in [-0.39, 0.29) is 11.1 Å². The molecular weight excluding hydrogens is 218 g/mol. The highest BCUT2D eigenvalue weighted by molar-refractivity contribution is 6.29. The van der Waals surface area contributed by atoms with Gasteiger partial charge in [0, 0.05) is 18.2 Å². The van der Waals surface area contributed by atoms with Crippen molar-refractivity contribution in [1.29, 1.82) is 0 Å². The van der Waals surface area contributed by atoms with Gasteiger partial charge in [-0.3, -0.25) is 20.4 Å². The van der Waals surface area contributed by atoms with Crippen LogP contribution >= 0.6 is 11.6 Å². The number of rotatable bonds is 1. The zero-order chi connectivity index (χ0) is 11.4. The average Bonchev–Trinajstić information content (AvgIpc) is 2.12. The molecule has 0 atom stereocenters. The molecule has 0 bridgehead atoms. The second-order valence-electron chi connectivity index (χ2n) is 2.96. The number of hydrazine groups is 1. The number of halogens is 1. The predicted molar refractivity (Wildman–Crippen MR) is 55.3 cm³/mol. The first-order valence-corrected chi connectivity index (χ1v) is 4.58. The summed E-state index contributed by atoms with van der Waals surface area (Å²) in [4.78, 5) is 25.9. The molecule has 0 saturated carbocycles. The third kappa shape index (κ3) is 3.55. The van der Waals surface area contributed by atoms with Crippen LogP contribution in [0, 0.1) is 6.92 Å². The van der Waals surface area contributed by atoms with E-state index in [9.17, 15) is 9.59 Å². The zero-order valence-corrected chi connectivity index (χ0v) is 9.05. The molecule has 0 aliphatic rings. The number of pyridine rings is 1. The van der Waals surface area contributed by atoms with Crippen LogP contribution in [0.4, 0.5) is 0 Å². The monoisotopic (exact) mass is 227 g/mol. The number of amides is 2. The number of aryl methyl sites for hydroxylation is 1. The minimum atomic E-state index is -0.433. The van der Waals surface area contributed by atoms with Gasteiger partial charge in [0.25, 0.3) is 5.91 Å². The number of hydrogen-bond donors (Lipinski definition) is 2. The van der Waals surface area contributed by atoms with Crippen LogP contribution in [0.25, 0.3) is 0 Å². The van der Waals surface area contributed by atoms with Crippen LogP contribution in [0.3, 0.4) is 0 Å². The van der Waals surface area contributed by atoms with Gasteiger partial charge in [0.15, 0.2) is 0 Å². The first-order chi connectivity index (χ1) is 6.99. The van der Waals surface area contributed by atoms with Crippen molar-refractivity contribution in [3.63, 3.8) is 0 Å². The Morgan fingerprint density at radius 3 is 2.53 bits per heavy atom. The van der Waals surface area contributed by atoms with Crippen LogP contribution in [-0.4, -0.2) is 16.8 Å². The summed E-state index contributed by atoms with van der Waals surface area (Å²) in [5.74, 6) is -0.780. The number of carbonyl (C=O) groups is 2. The number of nitrogens with one attached hydrogen (secondary N) is 2. The van der Waals surface area contributed by atoms with Gasteiger partial charge in [-0.15, -0.1) is 0 Å². The fourth-order valence-corrected chi connectivity index (χ4v) is 1.23. The van der Waals surface area contributed by atoms with Crippen molar-refractivity contribution < 1.29 is 9.59 Å². The normalized spacial score (nSPS) is 9.53. The maximum absolute atomic E-state index is 11.4. The van der Waals surface area contributed by atoms with Crippen molar-refractivity contribution in [3.8, 4) is 0 Å². The van der Waals surface area contributed by atoms with Crippen LogP contribution in [0.1, 0.15) is 23.0 Å². The minimum absolute atomic E-state index is 0.239. The largest absolute Gasteiger partial charge is 0.274 e. The number of hydrogen-bond acceptors (Lipinski definition) is 3. The van der Waals surface area contributed by atoms with Crippen LogP contribution in [0.15, 0.2) is 12.1 Å². The number of nitrogens with zero attached hydrogens (tertiary/aromatic N) is 1. The van der Waals surface area contributed by atoms with Crippen molar-refractivity contribution in [2.45, 2.75) is 13.8 Å². The molecule has 2 N–H and O–H groups in total. The van der Waals surface area contributed by atoms with Crippen molar-refractivity contribution in [2.24, 2.45) is 0 Å². The van der Waals surface area contributed by atoms with E-state index in [1.54, 1.807) is 13.0 Å². The summed E-state index contributed by atoms with van der Waals surface area (Å²) in [6.45, 7) is 3.02. The maximum Gasteiger partial charge on any atom is 0.269 e. The van der Waals surface area contributed by atoms with Crippen LogP contribution in [0.2, 0.25) is 5.15 Å². The second kappa shape index (κ2) is 4.75. The maximum atomic E-state index is 11.4. The van der Waals surface area contributed by atoms with Gasteiger partial charge in [-0.05, 0) is 19.1 Å². The molecule has 0 spiro atoms. The summed E-state index contributed by atoms with van der Waals surface area (Å²) in [6, 6.07) is 2.99. The third-order valence-electron chi connectivity index (χ3n) is 1.54. The molecule has 1 aromatic heterocycles. The molecule has 0 aliphatic carbocycles. The number of carbonyl (C=O) groups excluding carboxylic acids is 2. The quantitative estimate of drug-likeness (QED) is 0.551. The fraction of sp³-hybridized carbons (Fsp3) is 0.222. The second-order valence-corrected chi connectivity index (χ2v) is 3.34. The molecule has 0 fully saturated rings. The van der Waals surface area contributed by atoms with E-state index >= 15 is 0 Å². The summed E-state index contributed by atoms with van der Waals surface area (Å²) in [7, 11) is 0. The van der Waals surface area contributed by atoms with Crippen molar-refractivity contribution >= 4 is 23.4 Å². The highest BCUT2D eigenvalue weighted by Gasteiger charge is 2.07. The molecular formula is C9H10ClN3O2. The lowest BCUT2D eigenvalue weighted by atomic mass is 10.2. The lowest BCUT2D eigenvalue weighted by Gasteiger charge is -2.05. The molecule has 0 saturated heterocycles. The lowest BCUT2D eigenvalue weighted by Crippen LogP contribution is -2.40. The summed E-state index contributed by atoms with van der Waals surface area (Å²) < 4.78 is 0. The molecule has 0 aliphatic heterocycles. The van der Waals surface area contributed by atoms with Gasteiger partial charge in [0.1, 0.15) is 5.15 Å². The Morgan fingerprint density at radius 1 is 1.33 bits per heavy atom. The zero-order valence-electron chi connectivity index (χ0n) is 8.30. The van der Waals surface area contributed by atoms with Crippen LogP contribution < -0.4 is 10.9 Å². The number of aromatic nitrogens is 1. The molecule has 1 rings (SSSR count). The fourth-order valence-electron chi connectivity index (χ4n) is 0.976. The minimum Gasteiger partial charge on any atom is -0.274 e. The molecule has 0 aromatic carbocycles. The standard InChI is InChI=1S/C9H10ClN3O2/c1-5-3-7(4-8(10)11-5)9(15)13-12-6(2)14/h3-4H,1-2H3,(H,12,14)(H,13,15). The molecule has 0 unspecified atom stereocenters. The molecule has 2 amide bonds.